The molecule has 2 bridgehead atoms. The van der Waals surface area contributed by atoms with Crippen LogP contribution < -0.4 is 16.0 Å². The van der Waals surface area contributed by atoms with E-state index in [0.29, 0.717) is 13.1 Å². The molecular weight excluding hydrogens is 438 g/mol. The fraction of sp³-hybridized carbons (Fsp3) is 0.462. The highest BCUT2D eigenvalue weighted by Crippen LogP contribution is 2.53. The number of rotatable bonds is 5. The second kappa shape index (κ2) is 8.89. The van der Waals surface area contributed by atoms with Gasteiger partial charge >= 0.3 is 12.1 Å². The molecule has 0 aromatic heterocycles. The number of fused-ring (bicyclic) bond motifs is 4. The molecule has 0 atom stereocenters. The number of hydrogen-bond acceptors (Lipinski definition) is 2. The van der Waals surface area contributed by atoms with E-state index in [0.717, 1.165) is 55.3 Å². The van der Waals surface area contributed by atoms with Crippen LogP contribution in [0.3, 0.4) is 0 Å². The number of anilines is 1. The largest absolute Gasteiger partial charge is 0.336 e. The molecule has 6 rings (SSSR count). The van der Waals surface area contributed by atoms with Crippen LogP contribution in [0.15, 0.2) is 42.5 Å². The van der Waals surface area contributed by atoms with Crippen LogP contribution in [0.2, 0.25) is 0 Å². The fourth-order valence-corrected chi connectivity index (χ4v) is 5.87. The number of carbonyl (C=O) groups is 2. The molecule has 0 unspecified atom stereocenters. The van der Waals surface area contributed by atoms with Gasteiger partial charge in [0.1, 0.15) is 12.5 Å². The zero-order valence-electron chi connectivity index (χ0n) is 19.1. The monoisotopic (exact) mass is 468 g/mol. The van der Waals surface area contributed by atoms with Crippen molar-refractivity contribution in [1.82, 2.24) is 15.5 Å². The molecule has 2 aromatic carbocycles. The van der Waals surface area contributed by atoms with Crippen LogP contribution in [0.25, 0.3) is 0 Å². The fourth-order valence-electron chi connectivity index (χ4n) is 5.87. The van der Waals surface area contributed by atoms with Crippen LogP contribution in [0, 0.1) is 5.82 Å². The van der Waals surface area contributed by atoms with Gasteiger partial charge in [0, 0.05) is 30.9 Å². The van der Waals surface area contributed by atoms with Crippen molar-refractivity contribution in [2.75, 3.05) is 18.5 Å². The van der Waals surface area contributed by atoms with Crippen molar-refractivity contribution >= 4 is 17.7 Å². The Kier molecular flexibility index (Phi) is 5.91. The standard InChI is InChI=1S/C26H30F2N4O2/c27-13-14-29-23(33)31-26-10-7-25(8-11-26,9-12-26)20-2-5-22(6-3-20)30-24(34)32-16-18-1-4-21(28)15-19(18)17-32/h1-6,15H,7-14,16-17H2,(H,30,34)(H2,29,31,33). The highest BCUT2D eigenvalue weighted by Gasteiger charge is 2.49. The molecular formula is C26H30F2N4O2. The highest BCUT2D eigenvalue weighted by atomic mass is 19.1. The van der Waals surface area contributed by atoms with Crippen molar-refractivity contribution in [3.63, 3.8) is 0 Å². The summed E-state index contributed by atoms with van der Waals surface area (Å²) in [5.41, 5.74) is 3.74. The highest BCUT2D eigenvalue weighted by molar-refractivity contribution is 5.89. The summed E-state index contributed by atoms with van der Waals surface area (Å²) in [4.78, 5) is 26.5. The molecule has 1 aliphatic heterocycles. The number of carbonyl (C=O) groups excluding carboxylic acids is 2. The predicted octanol–water partition coefficient (Wildman–Crippen LogP) is 4.99. The number of hydrogen-bond donors (Lipinski definition) is 3. The summed E-state index contributed by atoms with van der Waals surface area (Å²) in [5, 5.41) is 8.63. The van der Waals surface area contributed by atoms with E-state index in [9.17, 15) is 18.4 Å². The zero-order chi connectivity index (χ0) is 23.8. The molecule has 8 heteroatoms. The first kappa shape index (κ1) is 22.6. The van der Waals surface area contributed by atoms with Crippen molar-refractivity contribution in [2.24, 2.45) is 0 Å². The summed E-state index contributed by atoms with van der Waals surface area (Å²) >= 11 is 0. The Bertz CT molecular complexity index is 1060. The number of alkyl halides is 1. The van der Waals surface area contributed by atoms with Crippen molar-refractivity contribution in [2.45, 2.75) is 62.6 Å². The second-order valence-corrected chi connectivity index (χ2v) is 9.91. The lowest BCUT2D eigenvalue weighted by Gasteiger charge is -2.54. The molecule has 0 radical (unpaired) electrons. The third-order valence-electron chi connectivity index (χ3n) is 7.93. The SMILES string of the molecule is O=C(NCCF)NC12CCC(c3ccc(NC(=O)N4Cc5ccc(F)cc5C4)cc3)(CC1)CC2. The summed E-state index contributed by atoms with van der Waals surface area (Å²) in [5.74, 6) is -0.283. The molecule has 4 aliphatic rings. The molecule has 3 N–H and O–H groups in total. The number of benzene rings is 2. The summed E-state index contributed by atoms with van der Waals surface area (Å²) in [6.45, 7) is 0.357. The van der Waals surface area contributed by atoms with Gasteiger partial charge in [-0.15, -0.1) is 0 Å². The third kappa shape index (κ3) is 4.33. The molecule has 1 heterocycles. The Morgan fingerprint density at radius 2 is 1.59 bits per heavy atom. The first-order chi connectivity index (χ1) is 16.4. The Balaban J connectivity index is 1.18. The van der Waals surface area contributed by atoms with E-state index in [4.69, 9.17) is 0 Å². The number of urea groups is 2. The summed E-state index contributed by atoms with van der Waals surface area (Å²) < 4.78 is 25.8. The average molecular weight is 469 g/mol. The smallest absolute Gasteiger partial charge is 0.322 e. The second-order valence-electron chi connectivity index (χ2n) is 9.91. The number of nitrogens with zero attached hydrogens (tertiary/aromatic N) is 1. The molecule has 34 heavy (non-hydrogen) atoms. The molecule has 0 spiro atoms. The molecule has 6 nitrogen and oxygen atoms in total. The van der Waals surface area contributed by atoms with Crippen molar-refractivity contribution < 1.29 is 18.4 Å². The van der Waals surface area contributed by atoms with Crippen LogP contribution in [0.4, 0.5) is 24.1 Å². The maximum atomic E-state index is 13.5. The molecule has 4 amide bonds. The van der Waals surface area contributed by atoms with Gasteiger partial charge in [-0.3, -0.25) is 0 Å². The van der Waals surface area contributed by atoms with Gasteiger partial charge in [-0.25, -0.2) is 18.4 Å². The van der Waals surface area contributed by atoms with E-state index in [1.165, 1.54) is 17.7 Å². The van der Waals surface area contributed by atoms with Gasteiger partial charge in [-0.2, -0.15) is 0 Å². The van der Waals surface area contributed by atoms with Crippen molar-refractivity contribution in [3.8, 4) is 0 Å². The third-order valence-corrected chi connectivity index (χ3v) is 7.93. The van der Waals surface area contributed by atoms with Gasteiger partial charge in [0.15, 0.2) is 0 Å². The summed E-state index contributed by atoms with van der Waals surface area (Å²) in [6.07, 6.45) is 5.69. The first-order valence-corrected chi connectivity index (χ1v) is 12.0. The lowest BCUT2D eigenvalue weighted by Crippen LogP contribution is -2.59. The Morgan fingerprint density at radius 1 is 0.912 bits per heavy atom. The number of amides is 4. The molecule has 0 saturated heterocycles. The van der Waals surface area contributed by atoms with E-state index in [-0.39, 0.29) is 35.4 Å². The van der Waals surface area contributed by atoms with E-state index >= 15 is 0 Å². The van der Waals surface area contributed by atoms with Crippen LogP contribution in [0.5, 0.6) is 0 Å². The minimum atomic E-state index is -0.564. The summed E-state index contributed by atoms with van der Waals surface area (Å²) in [6, 6.07) is 12.3. The maximum absolute atomic E-state index is 13.5. The van der Waals surface area contributed by atoms with Gasteiger partial charge in [-0.1, -0.05) is 18.2 Å². The van der Waals surface area contributed by atoms with Gasteiger partial charge in [-0.05, 0) is 84.9 Å². The average Bonchev–Trinajstić information content (AvgIpc) is 3.28. The van der Waals surface area contributed by atoms with Gasteiger partial charge in [0.25, 0.3) is 0 Å². The minimum Gasteiger partial charge on any atom is -0.336 e. The van der Waals surface area contributed by atoms with Crippen LogP contribution in [-0.2, 0) is 18.5 Å². The number of halogens is 2. The van der Waals surface area contributed by atoms with E-state index in [1.54, 1.807) is 11.0 Å². The Hall–Kier alpha value is -3.16. The van der Waals surface area contributed by atoms with Crippen LogP contribution in [-0.4, -0.2) is 35.7 Å². The Morgan fingerprint density at radius 3 is 2.26 bits per heavy atom. The molecule has 3 fully saturated rings. The van der Waals surface area contributed by atoms with Crippen LogP contribution in [0.1, 0.15) is 55.2 Å². The van der Waals surface area contributed by atoms with E-state index in [2.05, 4.69) is 28.1 Å². The lowest BCUT2D eigenvalue weighted by molar-refractivity contribution is 0.0835. The molecule has 180 valence electrons. The topological polar surface area (TPSA) is 73.5 Å². The quantitative estimate of drug-likeness (QED) is 0.579. The van der Waals surface area contributed by atoms with Crippen LogP contribution >= 0.6 is 0 Å². The summed E-state index contributed by atoms with van der Waals surface area (Å²) in [7, 11) is 0. The normalized spacial score (nSPS) is 25.1. The van der Waals surface area contributed by atoms with Gasteiger partial charge in [0.2, 0.25) is 0 Å². The predicted molar refractivity (Wildman–Crippen MR) is 126 cm³/mol. The van der Waals surface area contributed by atoms with E-state index in [1.807, 2.05) is 12.1 Å². The lowest BCUT2D eigenvalue weighted by atomic mass is 9.55. The van der Waals surface area contributed by atoms with Gasteiger partial charge < -0.3 is 20.9 Å². The van der Waals surface area contributed by atoms with Gasteiger partial charge in [0.05, 0.1) is 0 Å². The van der Waals surface area contributed by atoms with Crippen molar-refractivity contribution in [1.29, 1.82) is 0 Å². The molecule has 3 aliphatic carbocycles. The minimum absolute atomic E-state index is 0.0397. The Labute approximate surface area is 198 Å². The van der Waals surface area contributed by atoms with Crippen molar-refractivity contribution in [3.05, 3.63) is 65.0 Å². The molecule has 3 saturated carbocycles. The number of nitrogens with one attached hydrogen (secondary N) is 3. The van der Waals surface area contributed by atoms with E-state index < -0.39 is 6.67 Å². The zero-order valence-corrected chi connectivity index (χ0v) is 19.1. The first-order valence-electron chi connectivity index (χ1n) is 12.0. The maximum Gasteiger partial charge on any atom is 0.322 e. The molecule has 2 aromatic rings.